The highest BCUT2D eigenvalue weighted by molar-refractivity contribution is 5.95. The van der Waals surface area contributed by atoms with Gasteiger partial charge in [0.2, 0.25) is 5.91 Å². The number of anilines is 1. The van der Waals surface area contributed by atoms with Crippen molar-refractivity contribution in [2.75, 3.05) is 19.0 Å². The number of nitrogens with two attached hydrogens (primary N) is 1. The lowest BCUT2D eigenvalue weighted by Gasteiger charge is -2.12. The molecule has 1 amide bonds. The third-order valence-corrected chi connectivity index (χ3v) is 2.08. The number of amides is 1. The number of alkyl halides is 2. The van der Waals surface area contributed by atoms with Crippen molar-refractivity contribution in [3.05, 3.63) is 23.8 Å². The van der Waals surface area contributed by atoms with Crippen LogP contribution in [0.4, 0.5) is 14.5 Å². The quantitative estimate of drug-likeness (QED) is 0.781. The highest BCUT2D eigenvalue weighted by atomic mass is 19.3. The predicted octanol–water partition coefficient (Wildman–Crippen LogP) is 0.972. The number of nitrogens with one attached hydrogen (secondary N) is 1. The molecular weight excluding hydrogens is 262 g/mol. The minimum Gasteiger partial charge on any atom is -0.465 e. The lowest BCUT2D eigenvalue weighted by atomic mass is 10.2. The Balaban J connectivity index is 3.08. The van der Waals surface area contributed by atoms with E-state index in [4.69, 9.17) is 5.73 Å². The summed E-state index contributed by atoms with van der Waals surface area (Å²) >= 11 is 0. The van der Waals surface area contributed by atoms with Gasteiger partial charge in [0.05, 0.1) is 24.9 Å². The fourth-order valence-electron chi connectivity index (χ4n) is 1.27. The Hall–Kier alpha value is -2.22. The van der Waals surface area contributed by atoms with Crippen LogP contribution >= 0.6 is 0 Å². The van der Waals surface area contributed by atoms with Crippen molar-refractivity contribution >= 4 is 17.6 Å². The molecule has 19 heavy (non-hydrogen) atoms. The molecule has 0 bridgehead atoms. The van der Waals surface area contributed by atoms with Gasteiger partial charge in [0.25, 0.3) is 0 Å². The van der Waals surface area contributed by atoms with Gasteiger partial charge in [-0.25, -0.2) is 4.79 Å². The molecule has 0 aromatic heterocycles. The van der Waals surface area contributed by atoms with Gasteiger partial charge in [0, 0.05) is 0 Å². The molecular formula is C11H12F2N2O4. The molecule has 0 unspecified atom stereocenters. The van der Waals surface area contributed by atoms with E-state index in [9.17, 15) is 18.4 Å². The average Bonchev–Trinajstić information content (AvgIpc) is 2.38. The van der Waals surface area contributed by atoms with Gasteiger partial charge in [0.1, 0.15) is 5.75 Å². The van der Waals surface area contributed by atoms with Crippen molar-refractivity contribution in [1.29, 1.82) is 0 Å². The average molecular weight is 274 g/mol. The Morgan fingerprint density at radius 1 is 1.42 bits per heavy atom. The van der Waals surface area contributed by atoms with Gasteiger partial charge in [-0.05, 0) is 18.2 Å². The first-order valence-corrected chi connectivity index (χ1v) is 5.15. The second kappa shape index (κ2) is 6.64. The SMILES string of the molecule is COC(=O)c1ccc(NC(=O)CN)c(OC(F)F)c1. The van der Waals surface area contributed by atoms with Crippen molar-refractivity contribution < 1.29 is 27.8 Å². The zero-order valence-corrected chi connectivity index (χ0v) is 9.98. The van der Waals surface area contributed by atoms with E-state index >= 15 is 0 Å². The van der Waals surface area contributed by atoms with E-state index in [0.29, 0.717) is 0 Å². The van der Waals surface area contributed by atoms with Crippen molar-refractivity contribution in [2.24, 2.45) is 5.73 Å². The number of esters is 1. The molecule has 104 valence electrons. The van der Waals surface area contributed by atoms with E-state index in [-0.39, 0.29) is 23.5 Å². The van der Waals surface area contributed by atoms with Crippen molar-refractivity contribution in [3.63, 3.8) is 0 Å². The molecule has 1 aromatic carbocycles. The molecule has 0 fully saturated rings. The molecule has 0 aliphatic heterocycles. The van der Waals surface area contributed by atoms with Crippen LogP contribution in [0.15, 0.2) is 18.2 Å². The first-order chi connectivity index (χ1) is 8.97. The normalized spacial score (nSPS) is 10.2. The summed E-state index contributed by atoms with van der Waals surface area (Å²) in [5.41, 5.74) is 5.10. The van der Waals surface area contributed by atoms with E-state index in [0.717, 1.165) is 13.2 Å². The summed E-state index contributed by atoms with van der Waals surface area (Å²) in [7, 11) is 1.15. The number of rotatable bonds is 5. The molecule has 6 nitrogen and oxygen atoms in total. The largest absolute Gasteiger partial charge is 0.465 e. The minimum atomic E-state index is -3.10. The monoisotopic (exact) mass is 274 g/mol. The Morgan fingerprint density at radius 3 is 2.63 bits per heavy atom. The summed E-state index contributed by atoms with van der Waals surface area (Å²) in [4.78, 5) is 22.4. The Morgan fingerprint density at radius 2 is 2.11 bits per heavy atom. The minimum absolute atomic E-state index is 0.0107. The van der Waals surface area contributed by atoms with Crippen LogP contribution in [-0.4, -0.2) is 32.1 Å². The summed E-state index contributed by atoms with van der Waals surface area (Å²) < 4.78 is 33.2. The number of carbonyl (C=O) groups is 2. The van der Waals surface area contributed by atoms with Crippen LogP contribution in [-0.2, 0) is 9.53 Å². The summed E-state index contributed by atoms with van der Waals surface area (Å²) in [6.07, 6.45) is 0. The van der Waals surface area contributed by atoms with Gasteiger partial charge < -0.3 is 20.5 Å². The van der Waals surface area contributed by atoms with Crippen molar-refractivity contribution in [3.8, 4) is 5.75 Å². The number of hydrogen-bond donors (Lipinski definition) is 2. The van der Waals surface area contributed by atoms with Gasteiger partial charge in [-0.1, -0.05) is 0 Å². The molecule has 1 rings (SSSR count). The second-order valence-corrected chi connectivity index (χ2v) is 3.33. The topological polar surface area (TPSA) is 90.7 Å². The zero-order chi connectivity index (χ0) is 14.4. The molecule has 1 aromatic rings. The number of ether oxygens (including phenoxy) is 2. The maximum Gasteiger partial charge on any atom is 0.387 e. The number of halogens is 2. The summed E-state index contributed by atoms with van der Waals surface area (Å²) in [5, 5.41) is 2.28. The summed E-state index contributed by atoms with van der Waals surface area (Å²) in [6, 6.07) is 3.60. The molecule has 0 aliphatic carbocycles. The van der Waals surface area contributed by atoms with Crippen molar-refractivity contribution in [2.45, 2.75) is 6.61 Å². The Kier molecular flexibility index (Phi) is 5.19. The number of methoxy groups -OCH3 is 1. The number of benzene rings is 1. The standard InChI is InChI=1S/C11H12F2N2O4/c1-18-10(17)6-2-3-7(15-9(16)5-14)8(4-6)19-11(12)13/h2-4,11H,5,14H2,1H3,(H,15,16). The molecule has 0 atom stereocenters. The molecule has 0 heterocycles. The third-order valence-electron chi connectivity index (χ3n) is 2.08. The summed E-state index contributed by atoms with van der Waals surface area (Å²) in [6.45, 7) is -3.41. The smallest absolute Gasteiger partial charge is 0.387 e. The van der Waals surface area contributed by atoms with Gasteiger partial charge in [0.15, 0.2) is 0 Å². The van der Waals surface area contributed by atoms with Crippen LogP contribution in [0.2, 0.25) is 0 Å². The predicted molar refractivity (Wildman–Crippen MR) is 62.1 cm³/mol. The van der Waals surface area contributed by atoms with Crippen LogP contribution in [0.1, 0.15) is 10.4 Å². The maximum absolute atomic E-state index is 12.3. The molecule has 0 aliphatic rings. The fourth-order valence-corrected chi connectivity index (χ4v) is 1.27. The lowest BCUT2D eigenvalue weighted by molar-refractivity contribution is -0.115. The van der Waals surface area contributed by atoms with Crippen LogP contribution in [0, 0.1) is 0 Å². The molecule has 8 heteroatoms. The molecule has 0 saturated heterocycles. The second-order valence-electron chi connectivity index (χ2n) is 3.33. The van der Waals surface area contributed by atoms with Crippen LogP contribution < -0.4 is 15.8 Å². The fraction of sp³-hybridized carbons (Fsp3) is 0.273. The van der Waals surface area contributed by atoms with E-state index < -0.39 is 18.5 Å². The van der Waals surface area contributed by atoms with E-state index in [1.807, 2.05) is 0 Å². The summed E-state index contributed by atoms with van der Waals surface area (Å²) in [5.74, 6) is -1.64. The van der Waals surface area contributed by atoms with Gasteiger partial charge in [-0.15, -0.1) is 0 Å². The first kappa shape index (κ1) is 14.8. The highest BCUT2D eigenvalue weighted by Gasteiger charge is 2.15. The van der Waals surface area contributed by atoms with Gasteiger partial charge >= 0.3 is 12.6 Å². The molecule has 3 N–H and O–H groups in total. The van der Waals surface area contributed by atoms with Crippen LogP contribution in [0.3, 0.4) is 0 Å². The highest BCUT2D eigenvalue weighted by Crippen LogP contribution is 2.27. The van der Waals surface area contributed by atoms with E-state index in [2.05, 4.69) is 14.8 Å². The van der Waals surface area contributed by atoms with Gasteiger partial charge in [-0.2, -0.15) is 8.78 Å². The van der Waals surface area contributed by atoms with Crippen molar-refractivity contribution in [1.82, 2.24) is 0 Å². The molecule has 0 radical (unpaired) electrons. The maximum atomic E-state index is 12.3. The van der Waals surface area contributed by atoms with E-state index in [1.54, 1.807) is 0 Å². The number of carbonyl (C=O) groups excluding carboxylic acids is 2. The van der Waals surface area contributed by atoms with Crippen LogP contribution in [0.25, 0.3) is 0 Å². The Labute approximate surface area is 107 Å². The molecule has 0 saturated carbocycles. The molecule has 0 spiro atoms. The van der Waals surface area contributed by atoms with Crippen LogP contribution in [0.5, 0.6) is 5.75 Å². The Bertz CT molecular complexity index is 480. The van der Waals surface area contributed by atoms with E-state index in [1.165, 1.54) is 12.1 Å². The number of hydrogen-bond acceptors (Lipinski definition) is 5. The lowest BCUT2D eigenvalue weighted by Crippen LogP contribution is -2.22. The van der Waals surface area contributed by atoms with Gasteiger partial charge in [-0.3, -0.25) is 4.79 Å². The zero-order valence-electron chi connectivity index (χ0n) is 9.98. The third kappa shape index (κ3) is 4.18. The first-order valence-electron chi connectivity index (χ1n) is 5.15.